The van der Waals surface area contributed by atoms with E-state index in [1.807, 2.05) is 31.2 Å². The van der Waals surface area contributed by atoms with E-state index in [1.165, 1.54) is 18.2 Å². The van der Waals surface area contributed by atoms with E-state index >= 15 is 0 Å². The Morgan fingerprint density at radius 1 is 1.12 bits per heavy atom. The van der Waals surface area contributed by atoms with Crippen molar-refractivity contribution in [2.45, 2.75) is 38.3 Å². The molecule has 1 saturated heterocycles. The first-order valence-electron chi connectivity index (χ1n) is 10.9. The summed E-state index contributed by atoms with van der Waals surface area (Å²) in [5.41, 5.74) is 2.35. The van der Waals surface area contributed by atoms with Crippen LogP contribution in [0.3, 0.4) is 0 Å². The van der Waals surface area contributed by atoms with Crippen LogP contribution in [0, 0.1) is 5.82 Å². The molecule has 0 bridgehead atoms. The molecule has 1 amide bonds. The molecule has 8 heteroatoms. The zero-order valence-electron chi connectivity index (χ0n) is 18.5. The Kier molecular flexibility index (Phi) is 8.71. The fraction of sp³-hybridized carbons (Fsp3) is 0.320. The summed E-state index contributed by atoms with van der Waals surface area (Å²) in [6.45, 7) is 2.73. The first-order valence-corrected chi connectivity index (χ1v) is 10.9. The van der Waals surface area contributed by atoms with Crippen LogP contribution in [0.4, 0.5) is 9.18 Å². The lowest BCUT2D eigenvalue weighted by atomic mass is 10.0. The number of rotatable bonds is 6. The van der Waals surface area contributed by atoms with E-state index in [2.05, 4.69) is 10.2 Å². The van der Waals surface area contributed by atoms with Gasteiger partial charge in [0.15, 0.2) is 0 Å². The van der Waals surface area contributed by atoms with Crippen molar-refractivity contribution in [3.63, 3.8) is 0 Å². The first-order chi connectivity index (χ1) is 16.0. The minimum Gasteiger partial charge on any atom is -0.446 e. The second-order valence-corrected chi connectivity index (χ2v) is 7.75. The topological polar surface area (TPSA) is 95.5 Å². The summed E-state index contributed by atoms with van der Waals surface area (Å²) >= 11 is 0. The summed E-state index contributed by atoms with van der Waals surface area (Å²) in [5.74, 6) is -0.178. The number of benzene rings is 2. The second-order valence-electron chi connectivity index (χ2n) is 7.75. The number of ether oxygens (including phenoxy) is 1. The Labute approximate surface area is 191 Å². The number of aliphatic hydroxyl groups excluding tert-OH is 1. The number of aromatic nitrogens is 2. The molecule has 0 saturated carbocycles. The average molecular weight is 454 g/mol. The highest BCUT2D eigenvalue weighted by molar-refractivity contribution is 5.69. The number of cyclic esters (lactones) is 1. The predicted octanol–water partition coefficient (Wildman–Crippen LogP) is 4.31. The van der Waals surface area contributed by atoms with Gasteiger partial charge in [-0.15, -0.1) is 0 Å². The molecule has 1 fully saturated rings. The van der Waals surface area contributed by atoms with Gasteiger partial charge in [-0.3, -0.25) is 4.79 Å². The number of H-pyrrole nitrogens is 1. The summed E-state index contributed by atoms with van der Waals surface area (Å²) < 4.78 is 17.4. The van der Waals surface area contributed by atoms with Crippen LogP contribution in [-0.2, 0) is 4.74 Å². The van der Waals surface area contributed by atoms with Crippen molar-refractivity contribution in [2.24, 2.45) is 0 Å². The lowest BCUT2D eigenvalue weighted by molar-refractivity contribution is 0.00760. The largest absolute Gasteiger partial charge is 0.446 e. The van der Waals surface area contributed by atoms with Crippen molar-refractivity contribution < 1.29 is 19.0 Å². The third-order valence-electron chi connectivity index (χ3n) is 5.45. The molecule has 3 aromatic rings. The van der Waals surface area contributed by atoms with Crippen LogP contribution in [0.25, 0.3) is 11.3 Å². The smallest absolute Gasteiger partial charge is 0.410 e. The normalized spacial score (nSPS) is 16.4. The van der Waals surface area contributed by atoms with Gasteiger partial charge in [0.25, 0.3) is 5.56 Å². The number of carbonyl (C=O) groups is 1. The Morgan fingerprint density at radius 3 is 2.39 bits per heavy atom. The number of aromatic amines is 1. The maximum Gasteiger partial charge on any atom is 0.410 e. The minimum absolute atomic E-state index is 0.0983. The van der Waals surface area contributed by atoms with E-state index < -0.39 is 0 Å². The number of nitrogens with zero attached hydrogens (tertiary/aromatic N) is 2. The molecule has 33 heavy (non-hydrogen) atoms. The van der Waals surface area contributed by atoms with Crippen LogP contribution in [0.5, 0.6) is 0 Å². The van der Waals surface area contributed by atoms with Crippen LogP contribution < -0.4 is 5.56 Å². The molecule has 2 aromatic carbocycles. The van der Waals surface area contributed by atoms with Gasteiger partial charge >= 0.3 is 6.09 Å². The van der Waals surface area contributed by atoms with E-state index in [-0.39, 0.29) is 36.2 Å². The second kappa shape index (κ2) is 11.9. The van der Waals surface area contributed by atoms with E-state index in [0.717, 1.165) is 17.5 Å². The SMILES string of the molecule is CC(c1ccc(-c2ccc(=O)[nH]n2)cc1)N1CCC(CCCO)OC1=O.Fc1ccccc1. The highest BCUT2D eigenvalue weighted by atomic mass is 19.1. The third kappa shape index (κ3) is 6.98. The van der Waals surface area contributed by atoms with Crippen LogP contribution >= 0.6 is 0 Å². The Bertz CT molecular complexity index is 1050. The van der Waals surface area contributed by atoms with E-state index in [0.29, 0.717) is 25.1 Å². The first kappa shape index (κ1) is 24.1. The molecule has 174 valence electrons. The number of carbonyl (C=O) groups excluding carboxylic acids is 1. The third-order valence-corrected chi connectivity index (χ3v) is 5.45. The van der Waals surface area contributed by atoms with Crippen molar-refractivity contribution in [1.82, 2.24) is 15.1 Å². The van der Waals surface area contributed by atoms with Gasteiger partial charge in [0.05, 0.1) is 11.7 Å². The zero-order valence-corrected chi connectivity index (χ0v) is 18.5. The van der Waals surface area contributed by atoms with Crippen molar-refractivity contribution >= 4 is 6.09 Å². The molecule has 1 aliphatic rings. The molecule has 2 N–H and O–H groups in total. The standard InChI is InChI=1S/C19H23N3O4.C6H5F/c1-13(22-11-10-16(3-2-12-23)26-19(22)25)14-4-6-15(7-5-14)17-8-9-18(24)21-20-17;7-6-4-2-1-3-5-6/h4-9,13,16,23H,2-3,10-12H2,1H3,(H,21,24);1-5H. The molecule has 0 aliphatic carbocycles. The number of nitrogens with one attached hydrogen (secondary N) is 1. The van der Waals surface area contributed by atoms with Crippen molar-refractivity contribution in [3.8, 4) is 11.3 Å². The van der Waals surface area contributed by atoms with Crippen LogP contribution in [0.2, 0.25) is 0 Å². The number of aliphatic hydroxyl groups is 1. The van der Waals surface area contributed by atoms with Crippen molar-refractivity contribution in [1.29, 1.82) is 0 Å². The van der Waals surface area contributed by atoms with Gasteiger partial charge in [-0.05, 0) is 43.5 Å². The predicted molar refractivity (Wildman–Crippen MR) is 123 cm³/mol. The van der Waals surface area contributed by atoms with Crippen LogP contribution in [0.15, 0.2) is 71.5 Å². The number of hydrogen-bond acceptors (Lipinski definition) is 5. The van der Waals surface area contributed by atoms with Gasteiger partial charge in [-0.1, -0.05) is 42.5 Å². The van der Waals surface area contributed by atoms with Crippen molar-refractivity contribution in [3.05, 3.63) is 88.5 Å². The van der Waals surface area contributed by atoms with Crippen molar-refractivity contribution in [2.75, 3.05) is 13.2 Å². The van der Waals surface area contributed by atoms with Gasteiger partial charge in [0.2, 0.25) is 0 Å². The van der Waals surface area contributed by atoms with E-state index in [9.17, 15) is 14.0 Å². The summed E-state index contributed by atoms with van der Waals surface area (Å²) in [4.78, 5) is 25.1. The van der Waals surface area contributed by atoms with Gasteiger partial charge in [0.1, 0.15) is 11.9 Å². The lowest BCUT2D eigenvalue weighted by Crippen LogP contribution is -2.43. The Hall–Kier alpha value is -3.52. The Morgan fingerprint density at radius 2 is 1.85 bits per heavy atom. The zero-order chi connectivity index (χ0) is 23.6. The molecular weight excluding hydrogens is 425 g/mol. The molecule has 1 aliphatic heterocycles. The quantitative estimate of drug-likeness (QED) is 0.580. The van der Waals surface area contributed by atoms with Gasteiger partial charge in [0, 0.05) is 31.2 Å². The fourth-order valence-corrected chi connectivity index (χ4v) is 3.55. The maximum atomic E-state index is 12.3. The van der Waals surface area contributed by atoms with Gasteiger partial charge in [-0.25, -0.2) is 14.3 Å². The number of hydrogen-bond donors (Lipinski definition) is 2. The average Bonchev–Trinajstić information content (AvgIpc) is 2.84. The Balaban J connectivity index is 0.000000374. The lowest BCUT2D eigenvalue weighted by Gasteiger charge is -2.35. The van der Waals surface area contributed by atoms with Gasteiger partial charge in [-0.2, -0.15) is 5.10 Å². The minimum atomic E-state index is -0.307. The molecule has 2 unspecified atom stereocenters. The monoisotopic (exact) mass is 453 g/mol. The van der Waals surface area contributed by atoms with Crippen LogP contribution in [0.1, 0.15) is 37.8 Å². The summed E-state index contributed by atoms with van der Waals surface area (Å²) in [7, 11) is 0. The molecule has 4 rings (SSSR count). The fourth-order valence-electron chi connectivity index (χ4n) is 3.55. The molecular formula is C25H28FN3O4. The maximum absolute atomic E-state index is 12.3. The summed E-state index contributed by atoms with van der Waals surface area (Å²) in [6, 6.07) is 18.7. The molecule has 7 nitrogen and oxygen atoms in total. The summed E-state index contributed by atoms with van der Waals surface area (Å²) in [5, 5.41) is 15.3. The highest BCUT2D eigenvalue weighted by Gasteiger charge is 2.30. The molecule has 2 heterocycles. The number of halogens is 1. The van der Waals surface area contributed by atoms with E-state index in [4.69, 9.17) is 9.84 Å². The molecule has 0 radical (unpaired) electrons. The molecule has 1 aromatic heterocycles. The molecule has 0 spiro atoms. The van der Waals surface area contributed by atoms with Crippen LogP contribution in [-0.4, -0.2) is 45.6 Å². The highest BCUT2D eigenvalue weighted by Crippen LogP contribution is 2.27. The summed E-state index contributed by atoms with van der Waals surface area (Å²) in [6.07, 6.45) is 1.71. The number of amides is 1. The van der Waals surface area contributed by atoms with E-state index in [1.54, 1.807) is 29.2 Å². The van der Waals surface area contributed by atoms with Gasteiger partial charge < -0.3 is 14.7 Å². The molecule has 2 atom stereocenters.